The topological polar surface area (TPSA) is 70.2 Å². The number of hydrogen-bond donors (Lipinski definition) is 3. The Morgan fingerprint density at radius 3 is 2.52 bits per heavy atom. The van der Waals surface area contributed by atoms with E-state index in [1.54, 1.807) is 23.6 Å². The minimum Gasteiger partial charge on any atom is -0.298 e. The first-order chi connectivity index (χ1) is 11.0. The first-order valence-electron chi connectivity index (χ1n) is 6.74. The van der Waals surface area contributed by atoms with E-state index in [4.69, 9.17) is 12.2 Å². The van der Waals surface area contributed by atoms with Gasteiger partial charge >= 0.3 is 0 Å². The highest BCUT2D eigenvalue weighted by Gasteiger charge is 2.07. The third-order valence-electron chi connectivity index (χ3n) is 2.78. The van der Waals surface area contributed by atoms with Gasteiger partial charge in [0.15, 0.2) is 5.11 Å². The summed E-state index contributed by atoms with van der Waals surface area (Å²) in [6, 6.07) is 11.2. The number of hydrazine groups is 1. The maximum atomic E-state index is 11.7. The van der Waals surface area contributed by atoms with Crippen molar-refractivity contribution in [3.8, 4) is 0 Å². The van der Waals surface area contributed by atoms with Gasteiger partial charge in [-0.15, -0.1) is 11.3 Å². The van der Waals surface area contributed by atoms with E-state index in [1.165, 1.54) is 17.4 Å². The molecule has 0 saturated carbocycles. The maximum absolute atomic E-state index is 11.7. The van der Waals surface area contributed by atoms with E-state index in [1.807, 2.05) is 31.2 Å². The van der Waals surface area contributed by atoms with Crippen molar-refractivity contribution in [3.63, 3.8) is 0 Å². The zero-order valence-corrected chi connectivity index (χ0v) is 14.0. The highest BCUT2D eigenvalue weighted by molar-refractivity contribution is 7.80. The molecule has 0 saturated heterocycles. The Labute approximate surface area is 143 Å². The van der Waals surface area contributed by atoms with E-state index in [0.717, 1.165) is 11.1 Å². The molecule has 2 rings (SSSR count). The van der Waals surface area contributed by atoms with Crippen LogP contribution in [0.4, 0.5) is 0 Å². The number of thiocarbonyl (C=S) groups is 1. The first-order valence-corrected chi connectivity index (χ1v) is 8.03. The molecule has 5 nitrogen and oxygen atoms in total. The molecule has 0 radical (unpaired) electrons. The zero-order valence-electron chi connectivity index (χ0n) is 12.3. The van der Waals surface area contributed by atoms with Crippen molar-refractivity contribution in [2.24, 2.45) is 0 Å². The third kappa shape index (κ3) is 5.65. The normalized spacial score (nSPS) is 10.3. The first kappa shape index (κ1) is 16.9. The Balaban J connectivity index is 1.77. The Bertz CT molecular complexity index is 722. The van der Waals surface area contributed by atoms with Gasteiger partial charge in [0.2, 0.25) is 5.91 Å². The Morgan fingerprint density at radius 2 is 1.87 bits per heavy atom. The molecule has 0 fully saturated rings. The molecule has 0 aliphatic rings. The Morgan fingerprint density at radius 1 is 1.13 bits per heavy atom. The quantitative estimate of drug-likeness (QED) is 0.454. The molecular weight excluding hydrogens is 330 g/mol. The number of amides is 2. The van der Waals surface area contributed by atoms with E-state index in [0.29, 0.717) is 4.88 Å². The summed E-state index contributed by atoms with van der Waals surface area (Å²) in [6.07, 6.45) is 3.06. The Kier molecular flexibility index (Phi) is 6.02. The van der Waals surface area contributed by atoms with Gasteiger partial charge in [-0.2, -0.15) is 0 Å². The Hall–Kier alpha value is -2.51. The highest BCUT2D eigenvalue weighted by Crippen LogP contribution is 2.07. The monoisotopic (exact) mass is 345 g/mol. The minimum absolute atomic E-state index is 0.0217. The predicted molar refractivity (Wildman–Crippen MR) is 95.9 cm³/mol. The molecule has 1 heterocycles. The van der Waals surface area contributed by atoms with Crippen LogP contribution in [0.1, 0.15) is 20.8 Å². The molecule has 0 aliphatic heterocycles. The second-order valence-electron chi connectivity index (χ2n) is 4.62. The fourth-order valence-electron chi connectivity index (χ4n) is 1.62. The van der Waals surface area contributed by atoms with Gasteiger partial charge in [-0.05, 0) is 42.2 Å². The second-order valence-corrected chi connectivity index (χ2v) is 5.97. The van der Waals surface area contributed by atoms with Crippen LogP contribution in [0.5, 0.6) is 0 Å². The average Bonchev–Trinajstić information content (AvgIpc) is 3.06. The summed E-state index contributed by atoms with van der Waals surface area (Å²) in [4.78, 5) is 24.0. The van der Waals surface area contributed by atoms with Crippen molar-refractivity contribution in [1.82, 2.24) is 16.2 Å². The zero-order chi connectivity index (χ0) is 16.7. The van der Waals surface area contributed by atoms with Gasteiger partial charge in [-0.3, -0.25) is 25.8 Å². The largest absolute Gasteiger partial charge is 0.298 e. The number of hydrogen-bond acceptors (Lipinski definition) is 4. The van der Waals surface area contributed by atoms with Gasteiger partial charge in [0.1, 0.15) is 0 Å². The summed E-state index contributed by atoms with van der Waals surface area (Å²) in [5.41, 5.74) is 6.96. The van der Waals surface area contributed by atoms with Crippen LogP contribution in [0, 0.1) is 6.92 Å². The minimum atomic E-state index is -0.381. The van der Waals surface area contributed by atoms with Crippen LogP contribution in [0.2, 0.25) is 0 Å². The second kappa shape index (κ2) is 8.21. The number of carbonyl (C=O) groups excluding carboxylic acids is 2. The highest BCUT2D eigenvalue weighted by atomic mass is 32.1. The molecule has 0 bridgehead atoms. The van der Waals surface area contributed by atoms with E-state index in [2.05, 4.69) is 16.2 Å². The predicted octanol–water partition coefficient (Wildman–Crippen LogP) is 2.41. The molecule has 2 aromatic rings. The molecular formula is C16H15N3O2S2. The van der Waals surface area contributed by atoms with Crippen LogP contribution in [0.3, 0.4) is 0 Å². The van der Waals surface area contributed by atoms with Crippen molar-refractivity contribution in [1.29, 1.82) is 0 Å². The molecule has 3 N–H and O–H groups in total. The number of nitrogens with one attached hydrogen (secondary N) is 3. The SMILES string of the molecule is Cc1ccc(/C=C/C(=O)NC(=S)NNC(=O)c2cccs2)cc1. The van der Waals surface area contributed by atoms with Crippen LogP contribution in [0.15, 0.2) is 47.9 Å². The molecule has 0 unspecified atom stereocenters. The van der Waals surface area contributed by atoms with Gasteiger partial charge in [0.25, 0.3) is 5.91 Å². The van der Waals surface area contributed by atoms with E-state index in [9.17, 15) is 9.59 Å². The summed E-state index contributed by atoms with van der Waals surface area (Å²) in [7, 11) is 0. The standard InChI is InChI=1S/C16H15N3O2S2/c1-11-4-6-12(7-5-11)8-9-14(20)17-16(22)19-18-15(21)13-3-2-10-23-13/h2-10H,1H3,(H,18,21)(H2,17,19,20,22)/b9-8+. The number of carbonyl (C=O) groups is 2. The van der Waals surface area contributed by atoms with Crippen molar-refractivity contribution in [2.45, 2.75) is 6.92 Å². The van der Waals surface area contributed by atoms with Crippen molar-refractivity contribution in [3.05, 3.63) is 63.9 Å². The number of rotatable bonds is 3. The molecule has 0 spiro atoms. The van der Waals surface area contributed by atoms with Crippen molar-refractivity contribution < 1.29 is 9.59 Å². The third-order valence-corrected chi connectivity index (χ3v) is 3.85. The van der Waals surface area contributed by atoms with Crippen LogP contribution >= 0.6 is 23.6 Å². The summed E-state index contributed by atoms with van der Waals surface area (Å²) in [6.45, 7) is 1.99. The lowest BCUT2D eigenvalue weighted by Gasteiger charge is -2.08. The molecule has 118 valence electrons. The smallest absolute Gasteiger partial charge is 0.279 e. The van der Waals surface area contributed by atoms with Crippen molar-refractivity contribution >= 4 is 46.6 Å². The lowest BCUT2D eigenvalue weighted by atomic mass is 10.1. The van der Waals surface area contributed by atoms with E-state index in [-0.39, 0.29) is 16.9 Å². The maximum Gasteiger partial charge on any atom is 0.279 e. The molecule has 1 aromatic heterocycles. The van der Waals surface area contributed by atoms with Crippen LogP contribution < -0.4 is 16.2 Å². The molecule has 7 heteroatoms. The van der Waals surface area contributed by atoms with Crippen LogP contribution in [-0.4, -0.2) is 16.9 Å². The van der Waals surface area contributed by atoms with Gasteiger partial charge < -0.3 is 0 Å². The summed E-state index contributed by atoms with van der Waals surface area (Å²) >= 11 is 6.25. The molecule has 1 aromatic carbocycles. The number of benzene rings is 1. The van der Waals surface area contributed by atoms with Gasteiger partial charge in [0.05, 0.1) is 4.88 Å². The number of thiophene rings is 1. The van der Waals surface area contributed by atoms with E-state index < -0.39 is 0 Å². The molecule has 2 amide bonds. The van der Waals surface area contributed by atoms with Crippen LogP contribution in [-0.2, 0) is 4.79 Å². The van der Waals surface area contributed by atoms with Gasteiger partial charge in [0, 0.05) is 6.08 Å². The average molecular weight is 345 g/mol. The van der Waals surface area contributed by atoms with Crippen molar-refractivity contribution in [2.75, 3.05) is 0 Å². The van der Waals surface area contributed by atoms with E-state index >= 15 is 0 Å². The lowest BCUT2D eigenvalue weighted by molar-refractivity contribution is -0.115. The lowest BCUT2D eigenvalue weighted by Crippen LogP contribution is -2.48. The fraction of sp³-hybridized carbons (Fsp3) is 0.0625. The molecule has 0 atom stereocenters. The number of aryl methyl sites for hydroxylation is 1. The van der Waals surface area contributed by atoms with Crippen LogP contribution in [0.25, 0.3) is 6.08 Å². The summed E-state index contributed by atoms with van der Waals surface area (Å²) < 4.78 is 0. The van der Waals surface area contributed by atoms with Gasteiger partial charge in [-0.1, -0.05) is 35.9 Å². The molecule has 0 aliphatic carbocycles. The summed E-state index contributed by atoms with van der Waals surface area (Å²) in [5, 5.41) is 4.26. The fourth-order valence-corrected chi connectivity index (χ4v) is 2.39. The summed E-state index contributed by atoms with van der Waals surface area (Å²) in [5.74, 6) is -0.694. The molecule has 23 heavy (non-hydrogen) atoms. The van der Waals surface area contributed by atoms with Gasteiger partial charge in [-0.25, -0.2) is 0 Å².